The van der Waals surface area contributed by atoms with Crippen LogP contribution >= 0.6 is 11.6 Å². The summed E-state index contributed by atoms with van der Waals surface area (Å²) < 4.78 is 13.1. The van der Waals surface area contributed by atoms with Crippen LogP contribution in [0, 0.1) is 5.82 Å². The number of nitrogen functional groups attached to an aromatic ring is 1. The molecule has 110 valence electrons. The Kier molecular flexibility index (Phi) is 4.81. The van der Waals surface area contributed by atoms with E-state index in [1.165, 1.54) is 12.1 Å². The lowest BCUT2D eigenvalue weighted by atomic mass is 10.1. The molecule has 0 radical (unpaired) electrons. The molecule has 1 amide bonds. The maximum atomic E-state index is 13.1. The summed E-state index contributed by atoms with van der Waals surface area (Å²) in [5.74, 6) is -0.683. The highest BCUT2D eigenvalue weighted by Gasteiger charge is 2.17. The summed E-state index contributed by atoms with van der Waals surface area (Å²) in [6.45, 7) is 2.82. The van der Waals surface area contributed by atoms with E-state index in [9.17, 15) is 9.18 Å². The fourth-order valence-corrected chi connectivity index (χ4v) is 2.29. The van der Waals surface area contributed by atoms with Crippen molar-refractivity contribution in [3.05, 3.63) is 64.4 Å². The molecule has 0 aliphatic heterocycles. The molecule has 0 aliphatic carbocycles. The predicted molar refractivity (Wildman–Crippen MR) is 82.7 cm³/mol. The van der Waals surface area contributed by atoms with Crippen LogP contribution < -0.4 is 5.73 Å². The van der Waals surface area contributed by atoms with E-state index in [1.807, 2.05) is 25.1 Å². The first-order chi connectivity index (χ1) is 10.0. The van der Waals surface area contributed by atoms with E-state index in [-0.39, 0.29) is 11.6 Å². The number of nitrogens with zero attached hydrogens (tertiary/aromatic N) is 1. The lowest BCUT2D eigenvalue weighted by molar-refractivity contribution is 0.0753. The van der Waals surface area contributed by atoms with Gasteiger partial charge >= 0.3 is 0 Å². The van der Waals surface area contributed by atoms with Gasteiger partial charge in [0, 0.05) is 23.8 Å². The van der Waals surface area contributed by atoms with Gasteiger partial charge in [0.2, 0.25) is 0 Å². The summed E-state index contributed by atoms with van der Waals surface area (Å²) in [7, 11) is 0. The van der Waals surface area contributed by atoms with Crippen molar-refractivity contribution in [1.82, 2.24) is 4.90 Å². The first-order valence-electron chi connectivity index (χ1n) is 6.60. The average molecular weight is 307 g/mol. The van der Waals surface area contributed by atoms with Gasteiger partial charge < -0.3 is 10.6 Å². The molecule has 2 N–H and O–H groups in total. The van der Waals surface area contributed by atoms with Crippen LogP contribution in [0.25, 0.3) is 0 Å². The van der Waals surface area contributed by atoms with Crippen LogP contribution in [0.15, 0.2) is 42.5 Å². The maximum absolute atomic E-state index is 13.1. The molecule has 2 rings (SSSR count). The summed E-state index contributed by atoms with van der Waals surface area (Å²) in [5.41, 5.74) is 7.10. The number of benzene rings is 2. The molecule has 0 bridgehead atoms. The molecule has 5 heteroatoms. The van der Waals surface area contributed by atoms with Crippen molar-refractivity contribution in [2.45, 2.75) is 13.5 Å². The second kappa shape index (κ2) is 6.59. The van der Waals surface area contributed by atoms with Crippen LogP contribution in [0.4, 0.5) is 10.1 Å². The smallest absolute Gasteiger partial charge is 0.256 e. The normalized spacial score (nSPS) is 10.4. The second-order valence-electron chi connectivity index (χ2n) is 4.68. The molecule has 0 saturated carbocycles. The SMILES string of the molecule is CCN(Cc1cccc(Cl)c1)C(=O)c1ccc(F)cc1N. The minimum absolute atomic E-state index is 0.143. The highest BCUT2D eigenvalue weighted by atomic mass is 35.5. The molecular weight excluding hydrogens is 291 g/mol. The Morgan fingerprint density at radius 2 is 2.05 bits per heavy atom. The summed E-state index contributed by atoms with van der Waals surface area (Å²) in [6.07, 6.45) is 0. The van der Waals surface area contributed by atoms with Crippen molar-refractivity contribution in [1.29, 1.82) is 0 Å². The molecular formula is C16H16ClFN2O. The summed E-state index contributed by atoms with van der Waals surface area (Å²) in [4.78, 5) is 14.1. The molecule has 21 heavy (non-hydrogen) atoms. The zero-order valence-corrected chi connectivity index (χ0v) is 12.4. The van der Waals surface area contributed by atoms with E-state index < -0.39 is 5.82 Å². The Morgan fingerprint density at radius 3 is 2.67 bits per heavy atom. The van der Waals surface area contributed by atoms with Gasteiger partial charge in [-0.05, 0) is 42.8 Å². The van der Waals surface area contributed by atoms with Gasteiger partial charge in [0.25, 0.3) is 5.91 Å². The Labute approximate surface area is 128 Å². The van der Waals surface area contributed by atoms with Crippen LogP contribution in [-0.4, -0.2) is 17.4 Å². The zero-order chi connectivity index (χ0) is 15.4. The Bertz CT molecular complexity index is 660. The molecule has 0 unspecified atom stereocenters. The third-order valence-electron chi connectivity index (χ3n) is 3.18. The highest BCUT2D eigenvalue weighted by molar-refractivity contribution is 6.30. The number of carbonyl (C=O) groups is 1. The van der Waals surface area contributed by atoms with Gasteiger partial charge in [-0.1, -0.05) is 23.7 Å². The molecule has 3 nitrogen and oxygen atoms in total. The lowest BCUT2D eigenvalue weighted by Gasteiger charge is -2.22. The van der Waals surface area contributed by atoms with Crippen molar-refractivity contribution in [2.75, 3.05) is 12.3 Å². The van der Waals surface area contributed by atoms with E-state index in [0.717, 1.165) is 11.6 Å². The van der Waals surface area contributed by atoms with Gasteiger partial charge in [0.05, 0.1) is 5.56 Å². The van der Waals surface area contributed by atoms with Crippen molar-refractivity contribution in [3.8, 4) is 0 Å². The van der Waals surface area contributed by atoms with Gasteiger partial charge in [-0.2, -0.15) is 0 Å². The van der Waals surface area contributed by atoms with Crippen LogP contribution in [0.5, 0.6) is 0 Å². The van der Waals surface area contributed by atoms with Gasteiger partial charge in [-0.3, -0.25) is 4.79 Å². The summed E-state index contributed by atoms with van der Waals surface area (Å²) in [5, 5.41) is 0.622. The largest absolute Gasteiger partial charge is 0.398 e. The summed E-state index contributed by atoms with van der Waals surface area (Å²) >= 11 is 5.95. The molecule has 0 heterocycles. The number of hydrogen-bond acceptors (Lipinski definition) is 2. The highest BCUT2D eigenvalue weighted by Crippen LogP contribution is 2.18. The Balaban J connectivity index is 2.22. The quantitative estimate of drug-likeness (QED) is 0.875. The van der Waals surface area contributed by atoms with Crippen molar-refractivity contribution in [2.24, 2.45) is 0 Å². The van der Waals surface area contributed by atoms with Gasteiger partial charge in [0.1, 0.15) is 5.82 Å². The third-order valence-corrected chi connectivity index (χ3v) is 3.41. The summed E-state index contributed by atoms with van der Waals surface area (Å²) in [6, 6.07) is 11.1. The van der Waals surface area contributed by atoms with Gasteiger partial charge in [-0.15, -0.1) is 0 Å². The molecule has 2 aromatic carbocycles. The number of nitrogens with two attached hydrogens (primary N) is 1. The molecule has 0 aliphatic rings. The number of hydrogen-bond donors (Lipinski definition) is 1. The molecule has 0 saturated heterocycles. The first kappa shape index (κ1) is 15.3. The number of carbonyl (C=O) groups excluding carboxylic acids is 1. The number of halogens is 2. The fraction of sp³-hybridized carbons (Fsp3) is 0.188. The van der Waals surface area contributed by atoms with Crippen molar-refractivity contribution >= 4 is 23.2 Å². The molecule has 0 fully saturated rings. The topological polar surface area (TPSA) is 46.3 Å². The van der Waals surface area contributed by atoms with E-state index in [1.54, 1.807) is 11.0 Å². The van der Waals surface area contributed by atoms with Crippen LogP contribution in [-0.2, 0) is 6.54 Å². The Morgan fingerprint density at radius 1 is 1.29 bits per heavy atom. The zero-order valence-electron chi connectivity index (χ0n) is 11.6. The maximum Gasteiger partial charge on any atom is 0.256 e. The van der Waals surface area contributed by atoms with E-state index in [2.05, 4.69) is 0 Å². The predicted octanol–water partition coefficient (Wildman–Crippen LogP) is 3.72. The van der Waals surface area contributed by atoms with Crippen molar-refractivity contribution in [3.63, 3.8) is 0 Å². The molecule has 0 aromatic heterocycles. The standard InChI is InChI=1S/C16H16ClFN2O/c1-2-20(10-11-4-3-5-12(17)8-11)16(21)14-7-6-13(18)9-15(14)19/h3-9H,2,10,19H2,1H3. The second-order valence-corrected chi connectivity index (χ2v) is 5.12. The van der Waals surface area contributed by atoms with Gasteiger partial charge in [-0.25, -0.2) is 4.39 Å². The number of anilines is 1. The Hall–Kier alpha value is -2.07. The number of rotatable bonds is 4. The molecule has 0 atom stereocenters. The van der Waals surface area contributed by atoms with E-state index >= 15 is 0 Å². The van der Waals surface area contributed by atoms with E-state index in [4.69, 9.17) is 17.3 Å². The fourth-order valence-electron chi connectivity index (χ4n) is 2.08. The molecule has 2 aromatic rings. The van der Waals surface area contributed by atoms with Crippen LogP contribution in [0.3, 0.4) is 0 Å². The van der Waals surface area contributed by atoms with Crippen molar-refractivity contribution < 1.29 is 9.18 Å². The monoisotopic (exact) mass is 306 g/mol. The minimum Gasteiger partial charge on any atom is -0.398 e. The van der Waals surface area contributed by atoms with Crippen LogP contribution in [0.1, 0.15) is 22.8 Å². The lowest BCUT2D eigenvalue weighted by Crippen LogP contribution is -2.30. The first-order valence-corrected chi connectivity index (χ1v) is 6.97. The average Bonchev–Trinajstić information content (AvgIpc) is 2.44. The van der Waals surface area contributed by atoms with Gasteiger partial charge in [0.15, 0.2) is 0 Å². The molecule has 0 spiro atoms. The number of amides is 1. The minimum atomic E-state index is -0.457. The van der Waals surface area contributed by atoms with E-state index in [0.29, 0.717) is 23.7 Å². The third kappa shape index (κ3) is 3.73. The van der Waals surface area contributed by atoms with Crippen LogP contribution in [0.2, 0.25) is 5.02 Å².